The van der Waals surface area contributed by atoms with E-state index in [1.54, 1.807) is 0 Å². The van der Waals surface area contributed by atoms with Crippen LogP contribution in [0.25, 0.3) is 0 Å². The fraction of sp³-hybridized carbons (Fsp3) is 0.368. The number of benzene rings is 1. The predicted molar refractivity (Wildman–Crippen MR) is 103 cm³/mol. The van der Waals surface area contributed by atoms with Gasteiger partial charge >= 0.3 is 0 Å². The number of nitrogens with two attached hydrogens (primary N) is 2. The molecule has 30 heavy (non-hydrogen) atoms. The molecule has 1 heterocycles. The zero-order chi connectivity index (χ0) is 22.1. The number of anilines is 3. The van der Waals surface area contributed by atoms with Gasteiger partial charge in [0.25, 0.3) is 11.8 Å². The first-order valence-corrected chi connectivity index (χ1v) is 9.12. The predicted octanol–water partition coefficient (Wildman–Crippen LogP) is 3.14. The van der Waals surface area contributed by atoms with Gasteiger partial charge in [-0.2, -0.15) is 0 Å². The first-order chi connectivity index (χ1) is 14.1. The summed E-state index contributed by atoms with van der Waals surface area (Å²) >= 11 is 0. The number of hydrogen-bond acceptors (Lipinski definition) is 6. The van der Waals surface area contributed by atoms with Crippen LogP contribution < -0.4 is 26.8 Å². The zero-order valence-electron chi connectivity index (χ0n) is 16.0. The number of nitrogens with one attached hydrogen (secondary N) is 2. The molecule has 1 fully saturated rings. The van der Waals surface area contributed by atoms with Crippen molar-refractivity contribution in [2.75, 3.05) is 17.7 Å². The van der Waals surface area contributed by atoms with Gasteiger partial charge < -0.3 is 26.8 Å². The van der Waals surface area contributed by atoms with E-state index in [9.17, 15) is 22.4 Å². The third kappa shape index (κ3) is 4.56. The molecule has 0 spiro atoms. The van der Waals surface area contributed by atoms with E-state index in [2.05, 4.69) is 15.6 Å². The SMILES string of the molecule is COc1cc(F)cc(Nc2nc(N[C@@H]3CCCC(F)(F)[C@@H]3N)c(F)cc2C(N)=O)c1. The lowest BCUT2D eigenvalue weighted by molar-refractivity contribution is -0.0555. The number of pyridine rings is 1. The zero-order valence-corrected chi connectivity index (χ0v) is 16.0. The maximum absolute atomic E-state index is 14.5. The summed E-state index contributed by atoms with van der Waals surface area (Å²) in [6.45, 7) is 0. The molecule has 1 aromatic heterocycles. The molecule has 2 atom stereocenters. The Hall–Kier alpha value is -3.08. The fourth-order valence-electron chi connectivity index (χ4n) is 3.30. The highest BCUT2D eigenvalue weighted by Crippen LogP contribution is 2.34. The Balaban J connectivity index is 1.95. The second-order valence-electron chi connectivity index (χ2n) is 7.01. The monoisotopic (exact) mass is 427 g/mol. The van der Waals surface area contributed by atoms with Gasteiger partial charge in [0.2, 0.25) is 0 Å². The summed E-state index contributed by atoms with van der Waals surface area (Å²) in [7, 11) is 1.34. The second-order valence-corrected chi connectivity index (χ2v) is 7.01. The van der Waals surface area contributed by atoms with E-state index in [-0.39, 0.29) is 41.5 Å². The van der Waals surface area contributed by atoms with Crippen molar-refractivity contribution in [3.8, 4) is 5.75 Å². The van der Waals surface area contributed by atoms with Crippen LogP contribution in [0.4, 0.5) is 34.9 Å². The highest BCUT2D eigenvalue weighted by Gasteiger charge is 2.45. The number of nitrogens with zero attached hydrogens (tertiary/aromatic N) is 1. The average molecular weight is 427 g/mol. The maximum atomic E-state index is 14.5. The standard InChI is InChI=1S/C19H21F4N5O2/c1-30-11-6-9(20)5-10(7-11)26-17-12(16(25)29)8-13(21)18(28-17)27-14-3-2-4-19(22,23)15(14)24/h5-8,14-15H,2-4,24H2,1H3,(H2,25,29)(H2,26,27,28)/t14-,15-/m1/s1. The Labute approximate surface area is 169 Å². The Kier molecular flexibility index (Phi) is 6.01. The highest BCUT2D eigenvalue weighted by molar-refractivity contribution is 5.98. The smallest absolute Gasteiger partial charge is 0.264 e. The van der Waals surface area contributed by atoms with Crippen molar-refractivity contribution >= 4 is 23.2 Å². The number of carbonyl (C=O) groups excluding carboxylic acids is 1. The number of amides is 1. The average Bonchev–Trinajstić information content (AvgIpc) is 2.67. The van der Waals surface area contributed by atoms with Gasteiger partial charge in [-0.25, -0.2) is 22.5 Å². The number of methoxy groups -OCH3 is 1. The molecule has 0 unspecified atom stereocenters. The molecule has 1 saturated carbocycles. The summed E-state index contributed by atoms with van der Waals surface area (Å²) in [6.07, 6.45) is 0.143. The summed E-state index contributed by atoms with van der Waals surface area (Å²) in [5.74, 6) is -6.06. The molecule has 2 aromatic rings. The number of halogens is 4. The summed E-state index contributed by atoms with van der Waals surface area (Å²) in [4.78, 5) is 15.7. The lowest BCUT2D eigenvalue weighted by Gasteiger charge is -2.36. The van der Waals surface area contributed by atoms with Crippen molar-refractivity contribution in [2.45, 2.75) is 37.3 Å². The van der Waals surface area contributed by atoms with Crippen LogP contribution in [0.15, 0.2) is 24.3 Å². The number of rotatable bonds is 6. The fourth-order valence-corrected chi connectivity index (χ4v) is 3.30. The molecular formula is C19H21F4N5O2. The molecular weight excluding hydrogens is 406 g/mol. The quantitative estimate of drug-likeness (QED) is 0.527. The van der Waals surface area contributed by atoms with Crippen LogP contribution in [0.5, 0.6) is 5.75 Å². The Morgan fingerprint density at radius 1 is 1.23 bits per heavy atom. The van der Waals surface area contributed by atoms with Crippen molar-refractivity contribution in [3.05, 3.63) is 41.5 Å². The van der Waals surface area contributed by atoms with Crippen LogP contribution in [0.1, 0.15) is 29.6 Å². The molecule has 1 aromatic carbocycles. The van der Waals surface area contributed by atoms with E-state index in [1.807, 2.05) is 0 Å². The molecule has 7 nitrogen and oxygen atoms in total. The van der Waals surface area contributed by atoms with E-state index in [0.717, 1.165) is 18.2 Å². The Bertz CT molecular complexity index is 957. The molecule has 6 N–H and O–H groups in total. The van der Waals surface area contributed by atoms with Crippen LogP contribution >= 0.6 is 0 Å². The summed E-state index contributed by atoms with van der Waals surface area (Å²) in [6, 6.07) is 2.01. The van der Waals surface area contributed by atoms with Crippen LogP contribution in [-0.4, -0.2) is 36.0 Å². The lowest BCUT2D eigenvalue weighted by atomic mass is 9.87. The number of ether oxygens (including phenoxy) is 1. The Morgan fingerprint density at radius 2 is 1.97 bits per heavy atom. The van der Waals surface area contributed by atoms with Gasteiger partial charge in [0.15, 0.2) is 11.6 Å². The highest BCUT2D eigenvalue weighted by atomic mass is 19.3. The van der Waals surface area contributed by atoms with E-state index in [4.69, 9.17) is 16.2 Å². The minimum absolute atomic E-state index is 0.153. The molecule has 1 aliphatic rings. The molecule has 0 radical (unpaired) electrons. The number of aromatic nitrogens is 1. The number of carbonyl (C=O) groups is 1. The molecule has 0 bridgehead atoms. The first kappa shape index (κ1) is 21.6. The first-order valence-electron chi connectivity index (χ1n) is 9.12. The normalized spacial score (nSPS) is 20.5. The van der Waals surface area contributed by atoms with Crippen LogP contribution in [0.3, 0.4) is 0 Å². The van der Waals surface area contributed by atoms with Gasteiger partial charge in [-0.1, -0.05) is 0 Å². The van der Waals surface area contributed by atoms with Crippen LogP contribution in [0.2, 0.25) is 0 Å². The number of primary amides is 1. The van der Waals surface area contributed by atoms with Gasteiger partial charge in [0.1, 0.15) is 17.4 Å². The van der Waals surface area contributed by atoms with E-state index < -0.39 is 35.5 Å². The van der Waals surface area contributed by atoms with Gasteiger partial charge in [-0.3, -0.25) is 4.79 Å². The molecule has 1 amide bonds. The van der Waals surface area contributed by atoms with Crippen molar-refractivity contribution < 1.29 is 27.1 Å². The second kappa shape index (κ2) is 8.34. The van der Waals surface area contributed by atoms with E-state index in [1.165, 1.54) is 13.2 Å². The third-order valence-electron chi connectivity index (χ3n) is 4.88. The van der Waals surface area contributed by atoms with Gasteiger partial charge in [0, 0.05) is 30.3 Å². The lowest BCUT2D eigenvalue weighted by Crippen LogP contribution is -2.55. The molecule has 11 heteroatoms. The number of alkyl halides is 2. The topological polar surface area (TPSA) is 115 Å². The summed E-state index contributed by atoms with van der Waals surface area (Å²) < 4.78 is 61.0. The summed E-state index contributed by atoms with van der Waals surface area (Å²) in [5.41, 5.74) is 10.8. The van der Waals surface area contributed by atoms with Crippen molar-refractivity contribution in [2.24, 2.45) is 11.5 Å². The molecule has 1 aliphatic carbocycles. The van der Waals surface area contributed by atoms with Crippen molar-refractivity contribution in [3.63, 3.8) is 0 Å². The maximum Gasteiger partial charge on any atom is 0.264 e. The van der Waals surface area contributed by atoms with Gasteiger partial charge in [-0.05, 0) is 25.0 Å². The molecule has 0 saturated heterocycles. The van der Waals surface area contributed by atoms with Crippen molar-refractivity contribution in [1.29, 1.82) is 0 Å². The number of hydrogen-bond donors (Lipinski definition) is 4. The molecule has 0 aliphatic heterocycles. The minimum Gasteiger partial charge on any atom is -0.497 e. The van der Waals surface area contributed by atoms with Gasteiger partial charge in [-0.15, -0.1) is 0 Å². The largest absolute Gasteiger partial charge is 0.497 e. The molecule has 3 rings (SSSR count). The molecule has 162 valence electrons. The minimum atomic E-state index is -3.10. The van der Waals surface area contributed by atoms with Crippen molar-refractivity contribution in [1.82, 2.24) is 4.98 Å². The van der Waals surface area contributed by atoms with Crippen LogP contribution in [-0.2, 0) is 0 Å². The van der Waals surface area contributed by atoms with E-state index >= 15 is 0 Å². The van der Waals surface area contributed by atoms with Crippen LogP contribution in [0, 0.1) is 11.6 Å². The van der Waals surface area contributed by atoms with E-state index in [0.29, 0.717) is 6.42 Å². The van der Waals surface area contributed by atoms with Gasteiger partial charge in [0.05, 0.1) is 18.7 Å². The summed E-state index contributed by atoms with van der Waals surface area (Å²) in [5, 5.41) is 5.28. The third-order valence-corrected chi connectivity index (χ3v) is 4.88. The Morgan fingerprint density at radius 3 is 2.63 bits per heavy atom.